The van der Waals surface area contributed by atoms with Crippen LogP contribution in [-0.2, 0) is 15.7 Å². The summed E-state index contributed by atoms with van der Waals surface area (Å²) in [5.74, 6) is -0.271. The summed E-state index contributed by atoms with van der Waals surface area (Å²) < 4.78 is 66.3. The quantitative estimate of drug-likeness (QED) is 0.323. The number of alkyl halides is 4. The number of aromatic amines is 1. The normalized spacial score (nSPS) is 21.1. The second kappa shape index (κ2) is 11.6. The molecule has 1 aromatic carbocycles. The Kier molecular flexibility index (Phi) is 8.16. The van der Waals surface area contributed by atoms with Gasteiger partial charge in [0.2, 0.25) is 5.91 Å². The zero-order valence-electron chi connectivity index (χ0n) is 22.6. The molecule has 2 heterocycles. The van der Waals surface area contributed by atoms with Crippen LogP contribution >= 0.6 is 0 Å². The first-order valence-corrected chi connectivity index (χ1v) is 13.5. The van der Waals surface area contributed by atoms with Crippen molar-refractivity contribution in [2.24, 2.45) is 5.92 Å². The van der Waals surface area contributed by atoms with Crippen LogP contribution in [0.4, 0.5) is 17.6 Å². The smallest absolute Gasteiger partial charge is 0.416 e. The van der Waals surface area contributed by atoms with E-state index in [1.165, 1.54) is 19.5 Å². The number of rotatable bonds is 9. The average Bonchev–Trinajstić information content (AvgIpc) is 3.68. The summed E-state index contributed by atoms with van der Waals surface area (Å²) in [6, 6.07) is 2.10. The Morgan fingerprint density at radius 1 is 1.12 bits per heavy atom. The zero-order chi connectivity index (χ0) is 29.3. The molecule has 2 aromatic heterocycles. The predicted octanol–water partition coefficient (Wildman–Crippen LogP) is 4.49. The molecule has 2 aliphatic carbocycles. The number of ether oxygens (including phenoxy) is 2. The lowest BCUT2D eigenvalue weighted by molar-refractivity contribution is -0.137. The van der Waals surface area contributed by atoms with E-state index >= 15 is 0 Å². The van der Waals surface area contributed by atoms with Gasteiger partial charge in [0, 0.05) is 30.8 Å². The maximum atomic E-state index is 14.8. The number of benzene rings is 1. The number of hydrogen-bond acceptors (Lipinski definition) is 6. The number of carbonyl (C=O) groups excluding carboxylic acids is 2. The lowest BCUT2D eigenvalue weighted by atomic mass is 9.89. The Hall–Kier alpha value is -3.74. The highest BCUT2D eigenvalue weighted by Gasteiger charge is 2.34. The summed E-state index contributed by atoms with van der Waals surface area (Å²) in [6.45, 7) is 1.87. The number of aryl methyl sites for hydroxylation is 1. The Morgan fingerprint density at radius 3 is 2.59 bits per heavy atom. The second-order valence-corrected chi connectivity index (χ2v) is 10.6. The number of nitrogens with zero attached hydrogens (tertiary/aromatic N) is 2. The fraction of sp³-hybridized carbons (Fsp3) is 0.500. The summed E-state index contributed by atoms with van der Waals surface area (Å²) >= 11 is 0. The van der Waals surface area contributed by atoms with Gasteiger partial charge in [-0.05, 0) is 56.7 Å². The lowest BCUT2D eigenvalue weighted by Crippen LogP contribution is -2.50. The molecule has 5 rings (SSSR count). The second-order valence-electron chi connectivity index (χ2n) is 10.6. The fourth-order valence-corrected chi connectivity index (χ4v) is 5.16. The first kappa shape index (κ1) is 28.8. The van der Waals surface area contributed by atoms with Crippen LogP contribution in [0.2, 0.25) is 0 Å². The Balaban J connectivity index is 1.40. The summed E-state index contributed by atoms with van der Waals surface area (Å²) in [7, 11) is 1.38. The molecule has 0 radical (unpaired) electrons. The topological polar surface area (TPSA) is 118 Å². The van der Waals surface area contributed by atoms with E-state index in [4.69, 9.17) is 9.47 Å². The van der Waals surface area contributed by atoms with E-state index < -0.39 is 41.8 Å². The number of amides is 2. The SMILES string of the molecule is COCC(=O)N[C@H]1CC[C@@H](NC(=O)c2c(C)[nH]c3c(-c4cc(C(F)(F)F)ccc4OCC4CC4)ncnc23)C[C@H]1F. The Bertz CT molecular complexity index is 1440. The third-order valence-electron chi connectivity index (χ3n) is 7.46. The van der Waals surface area contributed by atoms with Crippen LogP contribution in [0.25, 0.3) is 22.3 Å². The van der Waals surface area contributed by atoms with Crippen molar-refractivity contribution in [3.8, 4) is 17.0 Å². The molecule has 0 unspecified atom stereocenters. The summed E-state index contributed by atoms with van der Waals surface area (Å²) in [5.41, 5.74) is 0.604. The van der Waals surface area contributed by atoms with E-state index in [-0.39, 0.29) is 41.1 Å². The van der Waals surface area contributed by atoms with E-state index in [2.05, 4.69) is 25.6 Å². The van der Waals surface area contributed by atoms with Crippen molar-refractivity contribution in [1.29, 1.82) is 0 Å². The number of hydrogen-bond donors (Lipinski definition) is 3. The lowest BCUT2D eigenvalue weighted by Gasteiger charge is -2.32. The largest absolute Gasteiger partial charge is 0.493 e. The van der Waals surface area contributed by atoms with Crippen LogP contribution < -0.4 is 15.4 Å². The van der Waals surface area contributed by atoms with Crippen molar-refractivity contribution in [1.82, 2.24) is 25.6 Å². The van der Waals surface area contributed by atoms with Crippen LogP contribution in [0.5, 0.6) is 5.75 Å². The summed E-state index contributed by atoms with van der Waals surface area (Å²) in [6.07, 6.45) is -1.94. The molecule has 41 heavy (non-hydrogen) atoms. The number of carbonyl (C=O) groups is 2. The number of fused-ring (bicyclic) bond motifs is 1. The zero-order valence-corrected chi connectivity index (χ0v) is 22.6. The van der Waals surface area contributed by atoms with Gasteiger partial charge >= 0.3 is 6.18 Å². The molecule has 0 spiro atoms. The molecule has 9 nitrogen and oxygen atoms in total. The minimum Gasteiger partial charge on any atom is -0.493 e. The van der Waals surface area contributed by atoms with Crippen LogP contribution in [-0.4, -0.2) is 65.3 Å². The first-order chi connectivity index (χ1) is 19.5. The Labute approximate surface area is 233 Å². The molecule has 0 aliphatic heterocycles. The van der Waals surface area contributed by atoms with Crippen molar-refractivity contribution in [3.05, 3.63) is 41.3 Å². The highest BCUT2D eigenvalue weighted by atomic mass is 19.4. The standard InChI is InChI=1S/C28H31F4N5O4/c1-14-23(27(39)36-17-6-7-20(19(29)10-17)37-22(38)12-40-2)25-26(35-14)24(33-13-34-25)18-9-16(28(30,31)32)5-8-21(18)41-11-15-3-4-15/h5,8-9,13,15,17,19-20,35H,3-4,6-7,10-12H2,1-2H3,(H,36,39)(H,37,38)/t17-,19-,20+/m1/s1. The van der Waals surface area contributed by atoms with Gasteiger partial charge in [-0.1, -0.05) is 0 Å². The van der Waals surface area contributed by atoms with Gasteiger partial charge < -0.3 is 25.1 Å². The van der Waals surface area contributed by atoms with Gasteiger partial charge in [-0.2, -0.15) is 13.2 Å². The molecule has 2 saturated carbocycles. The van der Waals surface area contributed by atoms with Crippen LogP contribution in [0.15, 0.2) is 24.5 Å². The van der Waals surface area contributed by atoms with Gasteiger partial charge in [-0.25, -0.2) is 14.4 Å². The maximum Gasteiger partial charge on any atom is 0.416 e. The molecule has 0 saturated heterocycles. The molecule has 0 bridgehead atoms. The van der Waals surface area contributed by atoms with E-state index in [1.807, 2.05) is 0 Å². The minimum absolute atomic E-state index is 0.0111. The highest BCUT2D eigenvalue weighted by molar-refractivity contribution is 6.09. The van der Waals surface area contributed by atoms with Gasteiger partial charge in [0.05, 0.1) is 29.3 Å². The molecule has 2 amide bonds. The molecule has 3 N–H and O–H groups in total. The molecular formula is C28H31F4N5O4. The molecule has 13 heteroatoms. The maximum absolute atomic E-state index is 14.8. The minimum atomic E-state index is -4.58. The van der Waals surface area contributed by atoms with Crippen molar-refractivity contribution in [2.45, 2.75) is 63.5 Å². The molecule has 220 valence electrons. The predicted molar refractivity (Wildman–Crippen MR) is 141 cm³/mol. The first-order valence-electron chi connectivity index (χ1n) is 13.5. The van der Waals surface area contributed by atoms with Gasteiger partial charge in [0.1, 0.15) is 36.1 Å². The van der Waals surface area contributed by atoms with Crippen molar-refractivity contribution in [3.63, 3.8) is 0 Å². The fourth-order valence-electron chi connectivity index (χ4n) is 5.16. The van der Waals surface area contributed by atoms with E-state index in [1.54, 1.807) is 6.92 Å². The average molecular weight is 578 g/mol. The number of halogens is 4. The van der Waals surface area contributed by atoms with Gasteiger partial charge in [-0.15, -0.1) is 0 Å². The van der Waals surface area contributed by atoms with Crippen molar-refractivity contribution in [2.75, 3.05) is 20.3 Å². The summed E-state index contributed by atoms with van der Waals surface area (Å²) in [5, 5.41) is 5.46. The molecule has 3 aromatic rings. The Morgan fingerprint density at radius 2 is 1.90 bits per heavy atom. The van der Waals surface area contributed by atoms with E-state index in [9.17, 15) is 27.2 Å². The van der Waals surface area contributed by atoms with Crippen molar-refractivity contribution < 1.29 is 36.6 Å². The number of H-pyrrole nitrogens is 1. The molecule has 3 atom stereocenters. The number of nitrogens with one attached hydrogen (secondary N) is 3. The third-order valence-corrected chi connectivity index (χ3v) is 7.46. The van der Waals surface area contributed by atoms with Crippen molar-refractivity contribution >= 4 is 22.8 Å². The van der Waals surface area contributed by atoms with Crippen LogP contribution in [0, 0.1) is 12.8 Å². The molecule has 2 aliphatic rings. The highest BCUT2D eigenvalue weighted by Crippen LogP contribution is 2.40. The number of methoxy groups -OCH3 is 1. The van der Waals surface area contributed by atoms with Crippen LogP contribution in [0.3, 0.4) is 0 Å². The summed E-state index contributed by atoms with van der Waals surface area (Å²) in [4.78, 5) is 36.7. The van der Waals surface area contributed by atoms with Gasteiger partial charge in [-0.3, -0.25) is 9.59 Å². The van der Waals surface area contributed by atoms with E-state index in [0.29, 0.717) is 36.6 Å². The third kappa shape index (κ3) is 6.45. The van der Waals surface area contributed by atoms with Gasteiger partial charge in [0.25, 0.3) is 5.91 Å². The molecule has 2 fully saturated rings. The molecular weight excluding hydrogens is 546 g/mol. The van der Waals surface area contributed by atoms with Crippen LogP contribution in [0.1, 0.15) is 53.7 Å². The van der Waals surface area contributed by atoms with E-state index in [0.717, 1.165) is 25.0 Å². The van der Waals surface area contributed by atoms with Gasteiger partial charge in [0.15, 0.2) is 0 Å². The monoisotopic (exact) mass is 577 g/mol. The number of aromatic nitrogens is 3.